The first-order valence-electron chi connectivity index (χ1n) is 8.33. The summed E-state index contributed by atoms with van der Waals surface area (Å²) in [5.74, 6) is -0.302. The van der Waals surface area contributed by atoms with Gasteiger partial charge in [0.05, 0.1) is 23.2 Å². The molecule has 0 saturated heterocycles. The van der Waals surface area contributed by atoms with Gasteiger partial charge in [0.2, 0.25) is 0 Å². The smallest absolute Gasteiger partial charge is 0.338 e. The van der Waals surface area contributed by atoms with Crippen molar-refractivity contribution in [1.29, 1.82) is 0 Å². The molecule has 0 heterocycles. The van der Waals surface area contributed by atoms with Gasteiger partial charge in [-0.1, -0.05) is 31.2 Å². The topological polar surface area (TPSA) is 64.6 Å². The van der Waals surface area contributed by atoms with E-state index in [-0.39, 0.29) is 18.6 Å². The van der Waals surface area contributed by atoms with Gasteiger partial charge >= 0.3 is 5.97 Å². The van der Waals surface area contributed by atoms with E-state index in [2.05, 4.69) is 28.2 Å². The van der Waals surface area contributed by atoms with Crippen molar-refractivity contribution in [2.75, 3.05) is 13.7 Å². The van der Waals surface area contributed by atoms with E-state index in [1.54, 1.807) is 25.3 Å². The number of nitrogens with one attached hydrogen (secondary N) is 1. The number of carbonyl (C=O) groups excluding carboxylic acids is 2. The summed E-state index contributed by atoms with van der Waals surface area (Å²) in [7, 11) is 1.54. The number of hydrogen-bond donors (Lipinski definition) is 1. The highest BCUT2D eigenvalue weighted by Crippen LogP contribution is 2.25. The van der Waals surface area contributed by atoms with Gasteiger partial charge in [-0.05, 0) is 58.6 Å². The van der Waals surface area contributed by atoms with Crippen molar-refractivity contribution in [2.45, 2.75) is 26.3 Å². The minimum atomic E-state index is -0.566. The number of methoxy groups -OCH3 is 1. The van der Waals surface area contributed by atoms with E-state index in [0.717, 1.165) is 12.0 Å². The fourth-order valence-electron chi connectivity index (χ4n) is 2.42. The molecule has 1 atom stereocenters. The third kappa shape index (κ3) is 5.33. The number of amides is 1. The summed E-state index contributed by atoms with van der Waals surface area (Å²) in [6.07, 6.45) is 0.971. The van der Waals surface area contributed by atoms with Gasteiger partial charge in [0, 0.05) is 0 Å². The van der Waals surface area contributed by atoms with Gasteiger partial charge in [0.25, 0.3) is 5.91 Å². The minimum Gasteiger partial charge on any atom is -0.496 e. The van der Waals surface area contributed by atoms with Crippen LogP contribution in [0.4, 0.5) is 0 Å². The number of hydrogen-bond acceptors (Lipinski definition) is 4. The van der Waals surface area contributed by atoms with Crippen LogP contribution in [0.3, 0.4) is 0 Å². The Kier molecular flexibility index (Phi) is 7.21. The fourth-order valence-corrected chi connectivity index (χ4v) is 2.96. The molecule has 0 aliphatic heterocycles. The summed E-state index contributed by atoms with van der Waals surface area (Å²) in [6, 6.07) is 12.7. The molecule has 2 rings (SSSR count). The van der Waals surface area contributed by atoms with Gasteiger partial charge in [-0.15, -0.1) is 0 Å². The maximum absolute atomic E-state index is 12.1. The second-order valence-electron chi connectivity index (χ2n) is 5.81. The summed E-state index contributed by atoms with van der Waals surface area (Å²) in [5.41, 5.74) is 2.58. The van der Waals surface area contributed by atoms with Crippen molar-refractivity contribution >= 4 is 27.8 Å². The molecule has 26 heavy (non-hydrogen) atoms. The van der Waals surface area contributed by atoms with Crippen LogP contribution in [0.2, 0.25) is 0 Å². The molecule has 1 N–H and O–H groups in total. The van der Waals surface area contributed by atoms with Crippen LogP contribution in [0.5, 0.6) is 5.75 Å². The lowest BCUT2D eigenvalue weighted by Crippen LogP contribution is -2.31. The molecule has 0 unspecified atom stereocenters. The molecule has 6 heteroatoms. The Balaban J connectivity index is 1.87. The molecule has 138 valence electrons. The molecule has 0 spiro atoms. The molecule has 2 aromatic carbocycles. The maximum atomic E-state index is 12.1. The summed E-state index contributed by atoms with van der Waals surface area (Å²) in [6.45, 7) is 3.65. The lowest BCUT2D eigenvalue weighted by Gasteiger charge is -2.15. The van der Waals surface area contributed by atoms with E-state index < -0.39 is 5.97 Å². The molecule has 1 amide bonds. The zero-order chi connectivity index (χ0) is 19.1. The van der Waals surface area contributed by atoms with Crippen LogP contribution in [-0.4, -0.2) is 25.6 Å². The number of esters is 1. The third-order valence-electron chi connectivity index (χ3n) is 3.99. The van der Waals surface area contributed by atoms with Crippen molar-refractivity contribution in [3.8, 4) is 5.75 Å². The van der Waals surface area contributed by atoms with Gasteiger partial charge in [-0.25, -0.2) is 4.79 Å². The highest BCUT2D eigenvalue weighted by molar-refractivity contribution is 9.10. The van der Waals surface area contributed by atoms with Crippen LogP contribution in [-0.2, 0) is 16.0 Å². The number of rotatable bonds is 7. The number of benzene rings is 2. The molecule has 0 aromatic heterocycles. The van der Waals surface area contributed by atoms with Crippen LogP contribution in [0.15, 0.2) is 46.9 Å². The highest BCUT2D eigenvalue weighted by atomic mass is 79.9. The first-order valence-corrected chi connectivity index (χ1v) is 9.12. The second kappa shape index (κ2) is 9.38. The van der Waals surface area contributed by atoms with Crippen LogP contribution in [0.25, 0.3) is 0 Å². The average Bonchev–Trinajstić information content (AvgIpc) is 2.66. The van der Waals surface area contributed by atoms with Crippen LogP contribution >= 0.6 is 15.9 Å². The average molecular weight is 420 g/mol. The molecule has 0 aliphatic carbocycles. The molecular weight excluding hydrogens is 398 g/mol. The Morgan fingerprint density at radius 2 is 1.85 bits per heavy atom. The van der Waals surface area contributed by atoms with Crippen molar-refractivity contribution in [2.24, 2.45) is 0 Å². The summed E-state index contributed by atoms with van der Waals surface area (Å²) in [5, 5.41) is 2.82. The normalized spacial score (nSPS) is 11.5. The number of ether oxygens (including phenoxy) is 2. The summed E-state index contributed by atoms with van der Waals surface area (Å²) in [4.78, 5) is 24.1. The van der Waals surface area contributed by atoms with Crippen LogP contribution in [0.1, 0.15) is 41.4 Å². The number of carbonyl (C=O) groups is 2. The Morgan fingerprint density at radius 3 is 2.42 bits per heavy atom. The number of halogens is 1. The standard InChI is InChI=1S/C20H22BrNO4/c1-4-14-5-7-15(8-6-14)13(2)22-19(23)12-26-20(24)16-9-10-18(25-3)17(21)11-16/h5-11,13H,4,12H2,1-3H3,(H,22,23)/t13-/m1/s1. The Labute approximate surface area is 161 Å². The third-order valence-corrected chi connectivity index (χ3v) is 4.61. The Hall–Kier alpha value is -2.34. The SMILES string of the molecule is CCc1ccc([C@@H](C)NC(=O)COC(=O)c2ccc(OC)c(Br)c2)cc1. The Bertz CT molecular complexity index is 774. The van der Waals surface area contributed by atoms with Gasteiger partial charge in [0.15, 0.2) is 6.61 Å². The highest BCUT2D eigenvalue weighted by Gasteiger charge is 2.14. The quantitative estimate of drug-likeness (QED) is 0.687. The van der Waals surface area contributed by atoms with Crippen molar-refractivity contribution in [3.05, 3.63) is 63.6 Å². The molecule has 0 radical (unpaired) electrons. The van der Waals surface area contributed by atoms with Gasteiger partial charge < -0.3 is 14.8 Å². The molecule has 5 nitrogen and oxygen atoms in total. The molecule has 0 bridgehead atoms. The van der Waals surface area contributed by atoms with E-state index in [1.165, 1.54) is 5.56 Å². The van der Waals surface area contributed by atoms with Gasteiger partial charge in [0.1, 0.15) is 5.75 Å². The van der Waals surface area contributed by atoms with E-state index in [1.807, 2.05) is 31.2 Å². The maximum Gasteiger partial charge on any atom is 0.338 e. The van der Waals surface area contributed by atoms with E-state index in [9.17, 15) is 9.59 Å². The molecular formula is C20H22BrNO4. The van der Waals surface area contributed by atoms with E-state index in [0.29, 0.717) is 15.8 Å². The lowest BCUT2D eigenvalue weighted by molar-refractivity contribution is -0.124. The van der Waals surface area contributed by atoms with E-state index in [4.69, 9.17) is 9.47 Å². The van der Waals surface area contributed by atoms with Crippen molar-refractivity contribution in [1.82, 2.24) is 5.32 Å². The predicted octanol–water partition coefficient (Wildman–Crippen LogP) is 4.05. The molecule has 0 aliphatic rings. The molecule has 0 saturated carbocycles. The zero-order valence-corrected chi connectivity index (χ0v) is 16.6. The van der Waals surface area contributed by atoms with Crippen molar-refractivity contribution < 1.29 is 19.1 Å². The minimum absolute atomic E-state index is 0.165. The summed E-state index contributed by atoms with van der Waals surface area (Å²) < 4.78 is 10.8. The largest absolute Gasteiger partial charge is 0.496 e. The van der Waals surface area contributed by atoms with E-state index >= 15 is 0 Å². The zero-order valence-electron chi connectivity index (χ0n) is 15.0. The van der Waals surface area contributed by atoms with Gasteiger partial charge in [-0.3, -0.25) is 4.79 Å². The predicted molar refractivity (Wildman–Crippen MR) is 103 cm³/mol. The number of aryl methyl sites for hydroxylation is 1. The monoisotopic (exact) mass is 419 g/mol. The van der Waals surface area contributed by atoms with Crippen LogP contribution < -0.4 is 10.1 Å². The second-order valence-corrected chi connectivity index (χ2v) is 6.66. The lowest BCUT2D eigenvalue weighted by atomic mass is 10.1. The van der Waals surface area contributed by atoms with Crippen LogP contribution in [0, 0.1) is 0 Å². The van der Waals surface area contributed by atoms with Crippen molar-refractivity contribution in [3.63, 3.8) is 0 Å². The first kappa shape index (κ1) is 20.0. The van der Waals surface area contributed by atoms with Gasteiger partial charge in [-0.2, -0.15) is 0 Å². The fraction of sp³-hybridized carbons (Fsp3) is 0.300. The molecule has 2 aromatic rings. The Morgan fingerprint density at radius 1 is 1.15 bits per heavy atom. The molecule has 0 fully saturated rings. The first-order chi connectivity index (χ1) is 12.4. The summed E-state index contributed by atoms with van der Waals surface area (Å²) >= 11 is 3.31.